The lowest BCUT2D eigenvalue weighted by Gasteiger charge is -2.17. The summed E-state index contributed by atoms with van der Waals surface area (Å²) in [4.78, 5) is 21.6. The first-order chi connectivity index (χ1) is 18.5. The second kappa shape index (κ2) is 8.38. The van der Waals surface area contributed by atoms with Crippen LogP contribution in [0.25, 0.3) is 39.0 Å². The number of nitrogens with one attached hydrogen (secondary N) is 1. The third-order valence-corrected chi connectivity index (χ3v) is 7.28. The number of hydrogen-bond acceptors (Lipinski definition) is 8. The predicted molar refractivity (Wildman–Crippen MR) is 141 cm³/mol. The largest absolute Gasteiger partial charge is 0.380 e. The number of aromatic nitrogens is 8. The number of nitrogen functional groups attached to an aromatic ring is 1. The summed E-state index contributed by atoms with van der Waals surface area (Å²) in [7, 11) is 0. The molecular formula is C26H20ClN9O2. The minimum atomic E-state index is -0.233. The molecular weight excluding hydrogens is 506 g/mol. The van der Waals surface area contributed by atoms with E-state index in [2.05, 4.69) is 37.6 Å². The van der Waals surface area contributed by atoms with Crippen LogP contribution >= 0.6 is 11.6 Å². The highest BCUT2D eigenvalue weighted by molar-refractivity contribution is 6.31. The third kappa shape index (κ3) is 3.51. The minimum Gasteiger partial charge on any atom is -0.380 e. The Morgan fingerprint density at radius 1 is 1.13 bits per heavy atom. The molecule has 0 unspecified atom stereocenters. The van der Waals surface area contributed by atoms with Crippen molar-refractivity contribution in [2.45, 2.75) is 19.4 Å². The monoisotopic (exact) mass is 525 g/mol. The number of imidazole rings is 1. The molecule has 0 spiro atoms. The molecule has 11 nitrogen and oxygen atoms in total. The van der Waals surface area contributed by atoms with Crippen LogP contribution in [0, 0.1) is 5.92 Å². The van der Waals surface area contributed by atoms with Crippen LogP contribution in [-0.2, 0) is 6.42 Å². The third-order valence-electron chi connectivity index (χ3n) is 7.05. The number of tetrazole rings is 1. The highest BCUT2D eigenvalue weighted by atomic mass is 35.5. The molecule has 2 aromatic carbocycles. The Hall–Kier alpha value is -4.77. The molecule has 3 N–H and O–H groups in total. The van der Waals surface area contributed by atoms with Gasteiger partial charge >= 0.3 is 0 Å². The van der Waals surface area contributed by atoms with E-state index in [1.165, 1.54) is 6.33 Å². The van der Waals surface area contributed by atoms with Crippen molar-refractivity contribution in [2.75, 3.05) is 5.73 Å². The maximum Gasteiger partial charge on any atom is 0.252 e. The minimum absolute atomic E-state index is 0.119. The first-order valence-corrected chi connectivity index (χ1v) is 12.3. The summed E-state index contributed by atoms with van der Waals surface area (Å²) in [6.07, 6.45) is 3.99. The standard InChI is InChI=1S/C26H20ClN9O2/c1-13-6-17-7-15(19-10-16(27)3-5-21(19)35-12-30-33-34-35)9-23(37)36(17)24(13)26-29-11-20(31-26)14-2-4-18-22(8-14)38-32-25(18)28/h2-5,7-13,24H,6H2,1H3,(H2,28,32)(H,29,31)/t13-,24-/m0/s1. The lowest BCUT2D eigenvalue weighted by molar-refractivity contribution is 0.450. The van der Waals surface area contributed by atoms with Gasteiger partial charge in [0.05, 0.1) is 29.0 Å². The Bertz CT molecular complexity index is 1890. The van der Waals surface area contributed by atoms with Crippen molar-refractivity contribution in [1.82, 2.24) is 39.9 Å². The Morgan fingerprint density at radius 3 is 2.87 bits per heavy atom. The lowest BCUT2D eigenvalue weighted by atomic mass is 10.0. The number of pyridine rings is 1. The molecule has 188 valence electrons. The van der Waals surface area contributed by atoms with Crippen LogP contribution < -0.4 is 11.3 Å². The summed E-state index contributed by atoms with van der Waals surface area (Å²) >= 11 is 6.33. The van der Waals surface area contributed by atoms with Gasteiger partial charge in [0.2, 0.25) is 0 Å². The number of halogens is 1. The van der Waals surface area contributed by atoms with Gasteiger partial charge < -0.3 is 19.8 Å². The van der Waals surface area contributed by atoms with Gasteiger partial charge in [-0.3, -0.25) is 4.79 Å². The predicted octanol–water partition coefficient (Wildman–Crippen LogP) is 4.04. The molecule has 0 fully saturated rings. The average molecular weight is 526 g/mol. The SMILES string of the molecule is C[C@H]1Cc2cc(-c3cc(Cl)ccc3-n3cnnn3)cc(=O)n2[C@@H]1c1ncc(-c2ccc3c(N)noc3c2)[nH]1. The molecule has 0 saturated heterocycles. The molecule has 0 aliphatic carbocycles. The van der Waals surface area contributed by atoms with E-state index in [4.69, 9.17) is 21.9 Å². The molecule has 5 heterocycles. The Morgan fingerprint density at radius 2 is 2.03 bits per heavy atom. The molecule has 0 bridgehead atoms. The van der Waals surface area contributed by atoms with Gasteiger partial charge in [-0.1, -0.05) is 29.7 Å². The first kappa shape index (κ1) is 22.4. The number of nitrogens with two attached hydrogens (primary N) is 1. The van der Waals surface area contributed by atoms with Gasteiger partial charge in [0.15, 0.2) is 11.4 Å². The van der Waals surface area contributed by atoms with E-state index in [0.29, 0.717) is 22.8 Å². The van der Waals surface area contributed by atoms with Gasteiger partial charge in [0.25, 0.3) is 5.56 Å². The summed E-state index contributed by atoms with van der Waals surface area (Å²) in [5.41, 5.74) is 11.2. The lowest BCUT2D eigenvalue weighted by Crippen LogP contribution is -2.25. The van der Waals surface area contributed by atoms with Crippen molar-refractivity contribution in [3.05, 3.63) is 87.9 Å². The van der Waals surface area contributed by atoms with Gasteiger partial charge in [-0.05, 0) is 64.7 Å². The van der Waals surface area contributed by atoms with Gasteiger partial charge in [-0.25, -0.2) is 4.98 Å². The summed E-state index contributed by atoms with van der Waals surface area (Å²) in [5, 5.41) is 16.6. The maximum atomic E-state index is 13.6. The van der Waals surface area contributed by atoms with Crippen molar-refractivity contribution >= 4 is 28.4 Å². The van der Waals surface area contributed by atoms with Crippen molar-refractivity contribution in [1.29, 1.82) is 0 Å². The Balaban J connectivity index is 1.28. The van der Waals surface area contributed by atoms with E-state index >= 15 is 0 Å². The van der Waals surface area contributed by atoms with Crippen LogP contribution in [0.2, 0.25) is 5.02 Å². The average Bonchev–Trinajstić information content (AvgIpc) is 3.70. The van der Waals surface area contributed by atoms with Crippen LogP contribution in [0.3, 0.4) is 0 Å². The Kier molecular flexibility index (Phi) is 4.95. The van der Waals surface area contributed by atoms with E-state index in [1.54, 1.807) is 23.0 Å². The second-order valence-electron chi connectivity index (χ2n) is 9.45. The molecule has 6 aromatic rings. The molecule has 1 aliphatic heterocycles. The number of hydrogen-bond donors (Lipinski definition) is 2. The van der Waals surface area contributed by atoms with Crippen molar-refractivity contribution in [3.8, 4) is 28.1 Å². The number of fused-ring (bicyclic) bond motifs is 2. The van der Waals surface area contributed by atoms with E-state index in [9.17, 15) is 4.79 Å². The molecule has 4 aromatic heterocycles. The van der Waals surface area contributed by atoms with Crippen LogP contribution in [0.15, 0.2) is 70.4 Å². The Labute approximate surface area is 219 Å². The van der Waals surface area contributed by atoms with Crippen molar-refractivity contribution in [2.24, 2.45) is 5.92 Å². The van der Waals surface area contributed by atoms with E-state index in [0.717, 1.165) is 45.0 Å². The highest BCUT2D eigenvalue weighted by Gasteiger charge is 2.34. The second-order valence-corrected chi connectivity index (χ2v) is 9.88. The van der Waals surface area contributed by atoms with Crippen molar-refractivity contribution < 1.29 is 4.52 Å². The quantitative estimate of drug-likeness (QED) is 0.350. The molecule has 0 saturated carbocycles. The summed E-state index contributed by atoms with van der Waals surface area (Å²) < 4.78 is 8.68. The highest BCUT2D eigenvalue weighted by Crippen LogP contribution is 2.37. The zero-order valence-electron chi connectivity index (χ0n) is 20.0. The molecule has 2 atom stereocenters. The zero-order chi connectivity index (χ0) is 26.0. The normalized spacial score (nSPS) is 16.8. The molecule has 7 rings (SSSR count). The fourth-order valence-corrected chi connectivity index (χ4v) is 5.49. The van der Waals surface area contributed by atoms with Crippen LogP contribution in [-0.4, -0.2) is 39.9 Å². The van der Waals surface area contributed by atoms with E-state index in [1.807, 2.05) is 41.0 Å². The van der Waals surface area contributed by atoms with E-state index < -0.39 is 0 Å². The zero-order valence-corrected chi connectivity index (χ0v) is 20.8. The van der Waals surface area contributed by atoms with Gasteiger partial charge in [0.1, 0.15) is 12.2 Å². The number of H-pyrrole nitrogens is 1. The van der Waals surface area contributed by atoms with Crippen LogP contribution in [0.4, 0.5) is 5.82 Å². The molecule has 12 heteroatoms. The molecule has 1 aliphatic rings. The fourth-order valence-electron chi connectivity index (χ4n) is 5.32. The van der Waals surface area contributed by atoms with Gasteiger partial charge in [-0.2, -0.15) is 4.68 Å². The topological polar surface area (TPSA) is 146 Å². The van der Waals surface area contributed by atoms with E-state index in [-0.39, 0.29) is 17.5 Å². The summed E-state index contributed by atoms with van der Waals surface area (Å²) in [6.45, 7) is 2.12. The van der Waals surface area contributed by atoms with Crippen LogP contribution in [0.5, 0.6) is 0 Å². The van der Waals surface area contributed by atoms with Crippen molar-refractivity contribution in [3.63, 3.8) is 0 Å². The fraction of sp³-hybridized carbons (Fsp3) is 0.154. The molecule has 38 heavy (non-hydrogen) atoms. The number of rotatable bonds is 4. The number of aromatic amines is 1. The van der Waals surface area contributed by atoms with Gasteiger partial charge in [-0.15, -0.1) is 5.10 Å². The number of anilines is 1. The number of nitrogens with zero attached hydrogens (tertiary/aromatic N) is 7. The number of benzene rings is 2. The maximum absolute atomic E-state index is 13.6. The first-order valence-electron chi connectivity index (χ1n) is 11.9. The summed E-state index contributed by atoms with van der Waals surface area (Å²) in [5.74, 6) is 1.22. The summed E-state index contributed by atoms with van der Waals surface area (Å²) in [6, 6.07) is 14.5. The molecule has 0 amide bonds. The molecule has 0 radical (unpaired) electrons. The smallest absolute Gasteiger partial charge is 0.252 e. The van der Waals surface area contributed by atoms with Gasteiger partial charge in [0, 0.05) is 27.9 Å². The van der Waals surface area contributed by atoms with Crippen LogP contribution in [0.1, 0.15) is 24.5 Å².